The maximum atomic E-state index is 10.7. The molecular formula is C17H28N6O. The van der Waals surface area contributed by atoms with Crippen molar-refractivity contribution < 1.29 is 4.79 Å². The Labute approximate surface area is 143 Å². The number of primary amides is 1. The summed E-state index contributed by atoms with van der Waals surface area (Å²) in [6.07, 6.45) is 12.8. The molecule has 1 aromatic heterocycles. The summed E-state index contributed by atoms with van der Waals surface area (Å²) >= 11 is 0. The summed E-state index contributed by atoms with van der Waals surface area (Å²) in [4.78, 5) is 13.3. The molecule has 0 spiro atoms. The number of hydrogen-bond donors (Lipinski definition) is 2. The van der Waals surface area contributed by atoms with E-state index in [9.17, 15) is 4.79 Å². The van der Waals surface area contributed by atoms with Crippen molar-refractivity contribution in [3.05, 3.63) is 24.0 Å². The van der Waals surface area contributed by atoms with Crippen LogP contribution in [0.5, 0.6) is 0 Å². The topological polar surface area (TPSA) is 89.1 Å². The molecule has 132 valence electrons. The Morgan fingerprint density at radius 2 is 2.04 bits per heavy atom. The highest BCUT2D eigenvalue weighted by Crippen LogP contribution is 2.23. The fourth-order valence-electron chi connectivity index (χ4n) is 3.69. The average Bonchev–Trinajstić information content (AvgIpc) is 3.03. The molecule has 0 radical (unpaired) electrons. The Morgan fingerprint density at radius 3 is 2.75 bits per heavy atom. The Hall–Kier alpha value is -1.89. The summed E-state index contributed by atoms with van der Waals surface area (Å²) in [6.45, 7) is 4.88. The zero-order chi connectivity index (χ0) is 16.8. The summed E-state index contributed by atoms with van der Waals surface area (Å²) in [5.41, 5.74) is 5.81. The fourth-order valence-corrected chi connectivity index (χ4v) is 3.69. The first-order chi connectivity index (χ1) is 11.7. The minimum absolute atomic E-state index is 0.337. The fraction of sp³-hybridized carbons (Fsp3) is 0.706. The van der Waals surface area contributed by atoms with Crippen LogP contribution in [0.4, 0.5) is 4.79 Å². The highest BCUT2D eigenvalue weighted by molar-refractivity contribution is 5.71. The zero-order valence-corrected chi connectivity index (χ0v) is 14.2. The Morgan fingerprint density at radius 1 is 1.21 bits per heavy atom. The van der Waals surface area contributed by atoms with Crippen molar-refractivity contribution in [1.29, 1.82) is 0 Å². The van der Waals surface area contributed by atoms with Crippen LogP contribution in [0, 0.1) is 11.8 Å². The summed E-state index contributed by atoms with van der Waals surface area (Å²) in [5.74, 6) is 1.51. The monoisotopic (exact) mass is 332 g/mol. The van der Waals surface area contributed by atoms with Crippen LogP contribution >= 0.6 is 0 Å². The third-order valence-corrected chi connectivity index (χ3v) is 5.08. The van der Waals surface area contributed by atoms with Crippen LogP contribution in [0.2, 0.25) is 0 Å². The number of piperidine rings is 1. The summed E-state index contributed by atoms with van der Waals surface area (Å²) < 4.78 is 1.89. The van der Waals surface area contributed by atoms with Crippen molar-refractivity contribution in [2.45, 2.75) is 45.2 Å². The van der Waals surface area contributed by atoms with E-state index in [0.717, 1.165) is 18.2 Å². The maximum absolute atomic E-state index is 10.7. The van der Waals surface area contributed by atoms with E-state index in [4.69, 9.17) is 5.73 Å². The predicted molar refractivity (Wildman–Crippen MR) is 92.1 cm³/mol. The van der Waals surface area contributed by atoms with Gasteiger partial charge in [0.2, 0.25) is 0 Å². The number of carbonyl (C=O) groups excluding carboxylic acids is 1. The first kappa shape index (κ1) is 17.0. The number of amides is 2. The third kappa shape index (κ3) is 5.06. The Kier molecular flexibility index (Phi) is 5.85. The van der Waals surface area contributed by atoms with E-state index in [1.54, 1.807) is 0 Å². The van der Waals surface area contributed by atoms with E-state index < -0.39 is 6.03 Å². The molecule has 1 aliphatic heterocycles. The number of urea groups is 1. The van der Waals surface area contributed by atoms with Crippen molar-refractivity contribution in [1.82, 2.24) is 25.2 Å². The van der Waals surface area contributed by atoms with Crippen molar-refractivity contribution in [3.63, 3.8) is 0 Å². The second kappa shape index (κ2) is 8.28. The molecule has 1 atom stereocenters. The molecule has 2 heterocycles. The molecule has 7 nitrogen and oxygen atoms in total. The molecule has 1 saturated heterocycles. The number of hydrogen-bond acceptors (Lipinski definition) is 4. The van der Waals surface area contributed by atoms with Gasteiger partial charge in [0.05, 0.1) is 12.7 Å². The molecule has 1 fully saturated rings. The van der Waals surface area contributed by atoms with Gasteiger partial charge in [-0.1, -0.05) is 17.4 Å². The molecule has 2 amide bonds. The zero-order valence-electron chi connectivity index (χ0n) is 14.2. The Bertz CT molecular complexity index is 561. The van der Waals surface area contributed by atoms with Gasteiger partial charge in [-0.15, -0.1) is 5.10 Å². The molecule has 1 aliphatic carbocycles. The first-order valence-electron chi connectivity index (χ1n) is 8.98. The van der Waals surface area contributed by atoms with Crippen LogP contribution in [0.15, 0.2) is 18.3 Å². The van der Waals surface area contributed by atoms with Crippen LogP contribution in [0.1, 0.15) is 37.8 Å². The largest absolute Gasteiger partial charge is 0.352 e. The molecule has 0 unspecified atom stereocenters. The van der Waals surface area contributed by atoms with Crippen LogP contribution in [-0.4, -0.2) is 45.6 Å². The van der Waals surface area contributed by atoms with Crippen molar-refractivity contribution in [2.75, 3.05) is 19.6 Å². The molecular weight excluding hydrogens is 304 g/mol. The van der Waals surface area contributed by atoms with E-state index in [1.807, 2.05) is 10.9 Å². The minimum atomic E-state index is -0.537. The van der Waals surface area contributed by atoms with Crippen LogP contribution in [-0.2, 0) is 13.1 Å². The quantitative estimate of drug-likeness (QED) is 0.773. The molecule has 3 N–H and O–H groups in total. The number of nitrogens with zero attached hydrogens (tertiary/aromatic N) is 4. The number of rotatable bonds is 6. The third-order valence-electron chi connectivity index (χ3n) is 5.08. The number of nitrogens with two attached hydrogens (primary N) is 1. The van der Waals surface area contributed by atoms with Gasteiger partial charge in [0.15, 0.2) is 0 Å². The number of nitrogens with one attached hydrogen (secondary N) is 1. The summed E-state index contributed by atoms with van der Waals surface area (Å²) in [6, 6.07) is -0.537. The van der Waals surface area contributed by atoms with Gasteiger partial charge < -0.3 is 16.0 Å². The van der Waals surface area contributed by atoms with Gasteiger partial charge in [-0.2, -0.15) is 0 Å². The number of likely N-dealkylation sites (tertiary alicyclic amines) is 1. The van der Waals surface area contributed by atoms with Gasteiger partial charge in [0.25, 0.3) is 0 Å². The smallest absolute Gasteiger partial charge is 0.312 e. The molecule has 2 aliphatic rings. The number of aromatic nitrogens is 3. The van der Waals surface area contributed by atoms with Gasteiger partial charge in [-0.3, -0.25) is 4.68 Å². The van der Waals surface area contributed by atoms with E-state index in [1.165, 1.54) is 51.7 Å². The van der Waals surface area contributed by atoms with Crippen molar-refractivity contribution in [2.24, 2.45) is 17.6 Å². The lowest BCUT2D eigenvalue weighted by Gasteiger charge is -2.34. The molecule has 24 heavy (non-hydrogen) atoms. The second-order valence-corrected chi connectivity index (χ2v) is 7.04. The van der Waals surface area contributed by atoms with Gasteiger partial charge in [0.1, 0.15) is 5.69 Å². The lowest BCUT2D eigenvalue weighted by Crippen LogP contribution is -2.38. The Balaban J connectivity index is 1.39. The first-order valence-corrected chi connectivity index (χ1v) is 8.98. The van der Waals surface area contributed by atoms with E-state index >= 15 is 0 Å². The normalized spacial score (nSPS) is 22.6. The second-order valence-electron chi connectivity index (χ2n) is 7.04. The van der Waals surface area contributed by atoms with Gasteiger partial charge in [-0.05, 0) is 57.0 Å². The standard InChI is InChI=1S/C17H28N6O/c18-17(24)19-10-16-13-23(21-20-16)12-15-6-8-22(9-7-15)11-14-4-2-1-3-5-14/h1-2,13-15H,3-12H2,(H3,18,19,24)/t14-/m0/s1. The van der Waals surface area contributed by atoms with Gasteiger partial charge >= 0.3 is 6.03 Å². The molecule has 0 aromatic carbocycles. The number of allylic oxidation sites excluding steroid dienone is 2. The molecule has 1 aromatic rings. The predicted octanol–water partition coefficient (Wildman–Crippen LogP) is 1.51. The van der Waals surface area contributed by atoms with Crippen molar-refractivity contribution >= 4 is 6.03 Å². The van der Waals surface area contributed by atoms with Crippen LogP contribution in [0.25, 0.3) is 0 Å². The van der Waals surface area contributed by atoms with E-state index in [0.29, 0.717) is 12.5 Å². The minimum Gasteiger partial charge on any atom is -0.352 e. The molecule has 0 bridgehead atoms. The van der Waals surface area contributed by atoms with Crippen LogP contribution in [0.3, 0.4) is 0 Å². The van der Waals surface area contributed by atoms with E-state index in [-0.39, 0.29) is 0 Å². The van der Waals surface area contributed by atoms with Gasteiger partial charge in [0, 0.05) is 13.1 Å². The summed E-state index contributed by atoms with van der Waals surface area (Å²) in [5, 5.41) is 10.8. The summed E-state index contributed by atoms with van der Waals surface area (Å²) in [7, 11) is 0. The SMILES string of the molecule is NC(=O)NCc1cn(CC2CCN(C[C@H]3CC=CCC3)CC2)nn1. The maximum Gasteiger partial charge on any atom is 0.312 e. The lowest BCUT2D eigenvalue weighted by molar-refractivity contribution is 0.146. The van der Waals surface area contributed by atoms with Gasteiger partial charge in [-0.25, -0.2) is 4.79 Å². The molecule has 0 saturated carbocycles. The number of carbonyl (C=O) groups is 1. The average molecular weight is 332 g/mol. The van der Waals surface area contributed by atoms with E-state index in [2.05, 4.69) is 32.7 Å². The molecule has 3 rings (SSSR count). The highest BCUT2D eigenvalue weighted by Gasteiger charge is 2.22. The highest BCUT2D eigenvalue weighted by atomic mass is 16.2. The van der Waals surface area contributed by atoms with Crippen LogP contribution < -0.4 is 11.1 Å². The van der Waals surface area contributed by atoms with Crippen molar-refractivity contribution in [3.8, 4) is 0 Å². The lowest BCUT2D eigenvalue weighted by atomic mass is 9.91. The molecule has 7 heteroatoms.